The van der Waals surface area contributed by atoms with Gasteiger partial charge in [-0.3, -0.25) is 19.8 Å². The molecule has 0 radical (unpaired) electrons. The maximum atomic E-state index is 13.6. The number of halogens is 4. The molecular formula is C29H34F4N4O5. The first-order valence-electron chi connectivity index (χ1n) is 14.2. The Morgan fingerprint density at radius 1 is 1.12 bits per heavy atom. The second kappa shape index (κ2) is 12.4. The molecular weight excluding hydrogens is 560 g/mol. The highest BCUT2D eigenvalue weighted by atomic mass is 19.4. The zero-order valence-corrected chi connectivity index (χ0v) is 23.2. The molecule has 2 aromatic rings. The molecule has 9 nitrogen and oxygen atoms in total. The normalized spacial score (nSPS) is 23.6. The summed E-state index contributed by atoms with van der Waals surface area (Å²) in [5, 5.41) is 14.0. The van der Waals surface area contributed by atoms with Crippen molar-refractivity contribution in [2.45, 2.75) is 69.5 Å². The summed E-state index contributed by atoms with van der Waals surface area (Å²) in [6.45, 7) is 4.62. The van der Waals surface area contributed by atoms with Gasteiger partial charge in [0.15, 0.2) is 0 Å². The first kappa shape index (κ1) is 30.0. The Balaban J connectivity index is 1.02. The average Bonchev–Trinajstić information content (AvgIpc) is 3.39. The van der Waals surface area contributed by atoms with Crippen molar-refractivity contribution in [2.75, 3.05) is 38.1 Å². The van der Waals surface area contributed by atoms with Gasteiger partial charge in [-0.25, -0.2) is 4.39 Å². The fraction of sp³-hybridized carbons (Fsp3) is 0.552. The molecule has 5 rings (SSSR count). The molecule has 1 saturated heterocycles. The summed E-state index contributed by atoms with van der Waals surface area (Å²) in [7, 11) is 0. The van der Waals surface area contributed by atoms with Crippen molar-refractivity contribution < 1.29 is 36.8 Å². The second-order valence-corrected chi connectivity index (χ2v) is 11.2. The average molecular weight is 595 g/mol. The molecule has 3 aliphatic rings. The smallest absolute Gasteiger partial charge is 0.423 e. The summed E-state index contributed by atoms with van der Waals surface area (Å²) in [5.74, 6) is 0.383. The molecule has 2 fully saturated rings. The molecule has 2 aromatic carbocycles. The maximum Gasteiger partial charge on any atom is 0.423 e. The standard InChI is InChI=1S/C29H34F4N4O5/c1-18(27-15-19-14-20(30)2-9-26(19)42-27)35-10-12-36(13-11-35)28(38)17-41-23-6-3-21(4-7-23)34-22-5-8-25(37(39)40)24(16-22)29(31,32)33/h2,5,8-9,14,16,18,21,23,27,34H,3-4,6-7,10-13,15,17H2,1H3/t18?,21?,23?,27-/m1/s1. The number of nitrogens with zero attached hydrogens (tertiary/aromatic N) is 3. The molecule has 42 heavy (non-hydrogen) atoms. The Hall–Kier alpha value is -3.45. The monoisotopic (exact) mass is 594 g/mol. The topological polar surface area (TPSA) is 97.2 Å². The Morgan fingerprint density at radius 3 is 2.50 bits per heavy atom. The molecule has 2 aliphatic heterocycles. The lowest BCUT2D eigenvalue weighted by Crippen LogP contribution is -2.55. The third-order valence-electron chi connectivity index (χ3n) is 8.49. The van der Waals surface area contributed by atoms with Crippen LogP contribution in [-0.4, -0.2) is 77.7 Å². The van der Waals surface area contributed by atoms with Gasteiger partial charge in [0, 0.05) is 62.0 Å². The molecule has 1 aliphatic carbocycles. The van der Waals surface area contributed by atoms with E-state index < -0.39 is 22.4 Å². The summed E-state index contributed by atoms with van der Waals surface area (Å²) < 4.78 is 65.3. The van der Waals surface area contributed by atoms with Gasteiger partial charge in [0.05, 0.1) is 11.0 Å². The van der Waals surface area contributed by atoms with Gasteiger partial charge < -0.3 is 19.7 Å². The van der Waals surface area contributed by atoms with Crippen LogP contribution in [0.15, 0.2) is 36.4 Å². The molecule has 13 heteroatoms. The summed E-state index contributed by atoms with van der Waals surface area (Å²) in [6, 6.07) is 7.54. The summed E-state index contributed by atoms with van der Waals surface area (Å²) in [5.41, 5.74) is -1.20. The van der Waals surface area contributed by atoms with Crippen LogP contribution in [0.2, 0.25) is 0 Å². The number of rotatable bonds is 8. The summed E-state index contributed by atoms with van der Waals surface area (Å²) >= 11 is 0. The second-order valence-electron chi connectivity index (χ2n) is 11.2. The fourth-order valence-corrected chi connectivity index (χ4v) is 6.03. The number of benzene rings is 2. The zero-order valence-electron chi connectivity index (χ0n) is 23.2. The van der Waals surface area contributed by atoms with Gasteiger partial charge in [-0.1, -0.05) is 0 Å². The highest BCUT2D eigenvalue weighted by Crippen LogP contribution is 2.38. The summed E-state index contributed by atoms with van der Waals surface area (Å²) in [6.07, 6.45) is -1.82. The van der Waals surface area contributed by atoms with Crippen molar-refractivity contribution in [1.29, 1.82) is 0 Å². The van der Waals surface area contributed by atoms with Crippen molar-refractivity contribution in [1.82, 2.24) is 9.80 Å². The van der Waals surface area contributed by atoms with Gasteiger partial charge in [0.25, 0.3) is 5.69 Å². The lowest BCUT2D eigenvalue weighted by Gasteiger charge is -2.39. The minimum absolute atomic E-state index is 0.0256. The van der Waals surface area contributed by atoms with E-state index in [0.29, 0.717) is 58.3 Å². The lowest BCUT2D eigenvalue weighted by molar-refractivity contribution is -0.388. The van der Waals surface area contributed by atoms with Crippen LogP contribution in [0.4, 0.5) is 28.9 Å². The lowest BCUT2D eigenvalue weighted by atomic mass is 9.92. The van der Waals surface area contributed by atoms with Crippen LogP contribution in [0, 0.1) is 15.9 Å². The number of nitrogens with one attached hydrogen (secondary N) is 1. The van der Waals surface area contributed by atoms with Crippen LogP contribution >= 0.6 is 0 Å². The number of carbonyl (C=O) groups excluding carboxylic acids is 1. The van der Waals surface area contributed by atoms with Crippen LogP contribution in [0.25, 0.3) is 0 Å². The number of ether oxygens (including phenoxy) is 2. The number of nitro groups is 1. The minimum Gasteiger partial charge on any atom is -0.488 e. The van der Waals surface area contributed by atoms with Crippen molar-refractivity contribution in [3.8, 4) is 5.75 Å². The molecule has 1 saturated carbocycles. The van der Waals surface area contributed by atoms with E-state index in [4.69, 9.17) is 9.47 Å². The first-order valence-corrected chi connectivity index (χ1v) is 14.2. The number of alkyl halides is 3. The van der Waals surface area contributed by atoms with Gasteiger partial charge in [-0.05, 0) is 62.9 Å². The van der Waals surface area contributed by atoms with E-state index >= 15 is 0 Å². The van der Waals surface area contributed by atoms with Crippen molar-refractivity contribution >= 4 is 17.3 Å². The Bertz CT molecular complexity index is 1290. The highest BCUT2D eigenvalue weighted by molar-refractivity contribution is 5.77. The Labute approximate surface area is 240 Å². The largest absolute Gasteiger partial charge is 0.488 e. The molecule has 0 spiro atoms. The number of fused-ring (bicyclic) bond motifs is 1. The fourth-order valence-electron chi connectivity index (χ4n) is 6.03. The summed E-state index contributed by atoms with van der Waals surface area (Å²) in [4.78, 5) is 26.8. The Morgan fingerprint density at radius 2 is 1.83 bits per heavy atom. The number of hydrogen-bond donors (Lipinski definition) is 1. The molecule has 1 amide bonds. The van der Waals surface area contributed by atoms with Crippen molar-refractivity contribution in [3.63, 3.8) is 0 Å². The van der Waals surface area contributed by atoms with E-state index in [1.807, 2.05) is 0 Å². The molecule has 228 valence electrons. The zero-order chi connectivity index (χ0) is 30.0. The van der Waals surface area contributed by atoms with E-state index in [9.17, 15) is 32.5 Å². The quantitative estimate of drug-likeness (QED) is 0.260. The van der Waals surface area contributed by atoms with Gasteiger partial charge >= 0.3 is 6.18 Å². The Kier molecular flexibility index (Phi) is 8.88. The molecule has 2 heterocycles. The van der Waals surface area contributed by atoms with Crippen LogP contribution in [-0.2, 0) is 22.1 Å². The van der Waals surface area contributed by atoms with Crippen LogP contribution < -0.4 is 10.1 Å². The van der Waals surface area contributed by atoms with Crippen LogP contribution in [0.1, 0.15) is 43.7 Å². The van der Waals surface area contributed by atoms with Crippen LogP contribution in [0.5, 0.6) is 5.75 Å². The number of piperazine rings is 1. The molecule has 2 atom stereocenters. The van der Waals surface area contributed by atoms with E-state index in [1.165, 1.54) is 18.2 Å². The number of nitro benzene ring substituents is 1. The third kappa shape index (κ3) is 6.95. The van der Waals surface area contributed by atoms with Gasteiger partial charge in [-0.2, -0.15) is 13.2 Å². The molecule has 0 bridgehead atoms. The van der Waals surface area contributed by atoms with E-state index in [1.54, 1.807) is 11.0 Å². The van der Waals surface area contributed by atoms with Gasteiger partial charge in [0.1, 0.15) is 29.8 Å². The van der Waals surface area contributed by atoms with E-state index in [2.05, 4.69) is 17.1 Å². The number of anilines is 1. The number of carbonyl (C=O) groups is 1. The maximum absolute atomic E-state index is 13.6. The van der Waals surface area contributed by atoms with Crippen LogP contribution in [0.3, 0.4) is 0 Å². The van der Waals surface area contributed by atoms with Crippen molar-refractivity contribution in [2.24, 2.45) is 0 Å². The minimum atomic E-state index is -4.83. The van der Waals surface area contributed by atoms with E-state index in [-0.39, 0.29) is 48.3 Å². The van der Waals surface area contributed by atoms with Crippen molar-refractivity contribution in [3.05, 3.63) is 63.5 Å². The number of amides is 1. The third-order valence-corrected chi connectivity index (χ3v) is 8.49. The molecule has 0 aromatic heterocycles. The molecule has 1 unspecified atom stereocenters. The van der Waals surface area contributed by atoms with Gasteiger partial charge in [-0.15, -0.1) is 0 Å². The highest BCUT2D eigenvalue weighted by Gasteiger charge is 2.39. The predicted octanol–water partition coefficient (Wildman–Crippen LogP) is 5.03. The van der Waals surface area contributed by atoms with E-state index in [0.717, 1.165) is 23.4 Å². The van der Waals surface area contributed by atoms with Gasteiger partial charge in [0.2, 0.25) is 5.91 Å². The number of hydrogen-bond acceptors (Lipinski definition) is 7. The molecule has 1 N–H and O–H groups in total. The SMILES string of the molecule is CC([C@H]1Cc2cc(F)ccc2O1)N1CCN(C(=O)COC2CCC(Nc3ccc([N+](=O)[O-])c(C(F)(F)F)c3)CC2)CC1. The predicted molar refractivity (Wildman–Crippen MR) is 146 cm³/mol. The first-order chi connectivity index (χ1) is 20.0.